The lowest BCUT2D eigenvalue weighted by Gasteiger charge is -2.06. The highest BCUT2D eigenvalue weighted by molar-refractivity contribution is 9.10. The average molecular weight is 257 g/mol. The maximum absolute atomic E-state index is 11.2. The Hall–Kier alpha value is -1.16. The predicted molar refractivity (Wildman–Crippen MR) is 56.1 cm³/mol. The maximum atomic E-state index is 11.2. The van der Waals surface area contributed by atoms with E-state index in [0.717, 1.165) is 0 Å². The summed E-state index contributed by atoms with van der Waals surface area (Å²) in [6.07, 6.45) is 0.645. The Labute approximate surface area is 90.2 Å². The number of ether oxygens (including phenoxy) is 1. The molecule has 1 aromatic carbocycles. The highest BCUT2D eigenvalue weighted by Gasteiger charge is 2.11. The van der Waals surface area contributed by atoms with Crippen LogP contribution in [0, 0.1) is 0 Å². The van der Waals surface area contributed by atoms with Crippen LogP contribution < -0.4 is 4.74 Å². The quantitative estimate of drug-likeness (QED) is 0.617. The van der Waals surface area contributed by atoms with Gasteiger partial charge in [-0.25, -0.2) is 0 Å². The summed E-state index contributed by atoms with van der Waals surface area (Å²) in [5, 5.41) is 0. The van der Waals surface area contributed by atoms with E-state index in [0.29, 0.717) is 27.6 Å². The fraction of sp³-hybridized carbons (Fsp3) is 0.200. The molecular weight excluding hydrogens is 248 g/mol. The average Bonchev–Trinajstić information content (AvgIpc) is 2.17. The summed E-state index contributed by atoms with van der Waals surface area (Å²) in [5.41, 5.74) is 0.741. The topological polar surface area (TPSA) is 43.4 Å². The normalized spacial score (nSPS) is 9.64. The molecule has 4 heteroatoms. The Morgan fingerprint density at radius 2 is 2.14 bits per heavy atom. The van der Waals surface area contributed by atoms with Gasteiger partial charge in [-0.15, -0.1) is 0 Å². The first kappa shape index (κ1) is 10.9. The molecular formula is C10H9BrO3. The fourth-order valence-electron chi connectivity index (χ4n) is 1.13. The van der Waals surface area contributed by atoms with E-state index >= 15 is 0 Å². The number of ketones is 1. The molecule has 0 atom stereocenters. The predicted octanol–water partition coefficient (Wildman–Crippen LogP) is 2.47. The van der Waals surface area contributed by atoms with Crippen LogP contribution in [0.3, 0.4) is 0 Å². The lowest BCUT2D eigenvalue weighted by molar-refractivity contribution is 0.100. The number of rotatable bonds is 3. The summed E-state index contributed by atoms with van der Waals surface area (Å²) in [6, 6.07) is 3.12. The lowest BCUT2D eigenvalue weighted by Crippen LogP contribution is -2.00. The van der Waals surface area contributed by atoms with Crippen LogP contribution in [0.1, 0.15) is 27.6 Å². The van der Waals surface area contributed by atoms with Crippen LogP contribution in [0.15, 0.2) is 16.6 Å². The van der Waals surface area contributed by atoms with E-state index in [2.05, 4.69) is 15.9 Å². The first-order valence-corrected chi connectivity index (χ1v) is 4.73. The van der Waals surface area contributed by atoms with Crippen molar-refractivity contribution in [2.45, 2.75) is 6.92 Å². The van der Waals surface area contributed by atoms with Crippen LogP contribution in [0.25, 0.3) is 0 Å². The number of Topliss-reactive ketones (excluding diaryl/α,β-unsaturated/α-hetero) is 1. The number of benzene rings is 1. The first-order chi connectivity index (χ1) is 6.60. The molecule has 3 nitrogen and oxygen atoms in total. The molecule has 0 radical (unpaired) electrons. The number of carbonyl (C=O) groups is 2. The summed E-state index contributed by atoms with van der Waals surface area (Å²) in [4.78, 5) is 21.8. The summed E-state index contributed by atoms with van der Waals surface area (Å²) in [6.45, 7) is 1.42. The van der Waals surface area contributed by atoms with Gasteiger partial charge in [-0.05, 0) is 35.0 Å². The third-order valence-corrected chi connectivity index (χ3v) is 2.45. The number of carbonyl (C=O) groups excluding carboxylic acids is 2. The Kier molecular flexibility index (Phi) is 3.41. The molecule has 0 aliphatic heterocycles. The third-order valence-electron chi connectivity index (χ3n) is 1.83. The van der Waals surface area contributed by atoms with Gasteiger partial charge < -0.3 is 4.74 Å². The number of aldehydes is 1. The van der Waals surface area contributed by atoms with E-state index in [-0.39, 0.29) is 5.78 Å². The van der Waals surface area contributed by atoms with Gasteiger partial charge in [-0.1, -0.05) is 0 Å². The molecule has 0 amide bonds. The summed E-state index contributed by atoms with van der Waals surface area (Å²) < 4.78 is 5.67. The Morgan fingerprint density at radius 1 is 1.50 bits per heavy atom. The van der Waals surface area contributed by atoms with Crippen LogP contribution in [-0.2, 0) is 0 Å². The molecule has 0 unspecified atom stereocenters. The van der Waals surface area contributed by atoms with Crippen LogP contribution >= 0.6 is 15.9 Å². The van der Waals surface area contributed by atoms with Crippen LogP contribution in [-0.4, -0.2) is 19.2 Å². The largest absolute Gasteiger partial charge is 0.496 e. The highest BCUT2D eigenvalue weighted by Crippen LogP contribution is 2.28. The van der Waals surface area contributed by atoms with Crippen molar-refractivity contribution in [3.63, 3.8) is 0 Å². The molecule has 14 heavy (non-hydrogen) atoms. The van der Waals surface area contributed by atoms with Gasteiger partial charge in [0.1, 0.15) is 5.75 Å². The van der Waals surface area contributed by atoms with Crippen LogP contribution in [0.5, 0.6) is 5.75 Å². The van der Waals surface area contributed by atoms with Crippen molar-refractivity contribution in [1.29, 1.82) is 0 Å². The summed E-state index contributed by atoms with van der Waals surface area (Å²) >= 11 is 3.25. The molecule has 0 saturated carbocycles. The summed E-state index contributed by atoms with van der Waals surface area (Å²) in [5.74, 6) is 0.396. The Balaban J connectivity index is 3.38. The minimum atomic E-state index is -0.143. The standard InChI is InChI=1S/C10H9BrO3/c1-6(13)8-4-9(11)10(14-2)3-7(8)5-12/h3-5H,1-2H3. The smallest absolute Gasteiger partial charge is 0.160 e. The van der Waals surface area contributed by atoms with Gasteiger partial charge in [0.05, 0.1) is 11.6 Å². The zero-order valence-corrected chi connectivity index (χ0v) is 9.42. The number of hydrogen-bond acceptors (Lipinski definition) is 3. The minimum absolute atomic E-state index is 0.143. The summed E-state index contributed by atoms with van der Waals surface area (Å²) in [7, 11) is 1.50. The molecule has 0 heterocycles. The van der Waals surface area contributed by atoms with E-state index in [1.165, 1.54) is 20.1 Å². The zero-order chi connectivity index (χ0) is 10.7. The van der Waals surface area contributed by atoms with E-state index < -0.39 is 0 Å². The molecule has 0 aromatic heterocycles. The second-order valence-electron chi connectivity index (χ2n) is 2.75. The van der Waals surface area contributed by atoms with E-state index in [1.807, 2.05) is 0 Å². The molecule has 0 spiro atoms. The zero-order valence-electron chi connectivity index (χ0n) is 7.83. The van der Waals surface area contributed by atoms with Crippen LogP contribution in [0.4, 0.5) is 0 Å². The third kappa shape index (κ3) is 2.01. The minimum Gasteiger partial charge on any atom is -0.496 e. The fourth-order valence-corrected chi connectivity index (χ4v) is 1.63. The molecule has 1 aromatic rings. The number of methoxy groups -OCH3 is 1. The van der Waals surface area contributed by atoms with Crippen molar-refractivity contribution in [1.82, 2.24) is 0 Å². The first-order valence-electron chi connectivity index (χ1n) is 3.93. The molecule has 0 aliphatic carbocycles. The van der Waals surface area contributed by atoms with Gasteiger partial charge in [-0.2, -0.15) is 0 Å². The molecule has 0 saturated heterocycles. The van der Waals surface area contributed by atoms with E-state index in [4.69, 9.17) is 4.74 Å². The number of halogens is 1. The van der Waals surface area contributed by atoms with Crippen LogP contribution in [0.2, 0.25) is 0 Å². The van der Waals surface area contributed by atoms with Crippen molar-refractivity contribution < 1.29 is 14.3 Å². The van der Waals surface area contributed by atoms with Crippen molar-refractivity contribution in [3.8, 4) is 5.75 Å². The molecule has 0 bridgehead atoms. The maximum Gasteiger partial charge on any atom is 0.160 e. The molecule has 0 aliphatic rings. The molecule has 0 N–H and O–H groups in total. The van der Waals surface area contributed by atoms with E-state index in [1.54, 1.807) is 6.07 Å². The van der Waals surface area contributed by atoms with E-state index in [9.17, 15) is 9.59 Å². The van der Waals surface area contributed by atoms with Gasteiger partial charge >= 0.3 is 0 Å². The Morgan fingerprint density at radius 3 is 2.57 bits per heavy atom. The van der Waals surface area contributed by atoms with Gasteiger partial charge in [0.15, 0.2) is 12.1 Å². The van der Waals surface area contributed by atoms with Crippen molar-refractivity contribution in [2.75, 3.05) is 7.11 Å². The SMILES string of the molecule is COc1cc(C=O)c(C(C)=O)cc1Br. The molecule has 74 valence electrons. The van der Waals surface area contributed by atoms with Gasteiger partial charge in [0, 0.05) is 11.1 Å². The molecule has 1 rings (SSSR count). The monoisotopic (exact) mass is 256 g/mol. The number of hydrogen-bond donors (Lipinski definition) is 0. The van der Waals surface area contributed by atoms with Gasteiger partial charge in [0.25, 0.3) is 0 Å². The lowest BCUT2D eigenvalue weighted by atomic mass is 10.1. The van der Waals surface area contributed by atoms with Gasteiger partial charge in [-0.3, -0.25) is 9.59 Å². The van der Waals surface area contributed by atoms with Gasteiger partial charge in [0.2, 0.25) is 0 Å². The molecule has 0 fully saturated rings. The second kappa shape index (κ2) is 4.37. The Bertz CT molecular complexity index is 385. The van der Waals surface area contributed by atoms with Crippen molar-refractivity contribution >= 4 is 28.0 Å². The highest BCUT2D eigenvalue weighted by atomic mass is 79.9. The second-order valence-corrected chi connectivity index (χ2v) is 3.60. The van der Waals surface area contributed by atoms with Crippen molar-refractivity contribution in [3.05, 3.63) is 27.7 Å². The van der Waals surface area contributed by atoms with Crippen molar-refractivity contribution in [2.24, 2.45) is 0 Å².